The summed E-state index contributed by atoms with van der Waals surface area (Å²) in [4.78, 5) is 111. The van der Waals surface area contributed by atoms with Crippen LogP contribution in [0.1, 0.15) is 66.2 Å². The van der Waals surface area contributed by atoms with E-state index in [-0.39, 0.29) is 50.4 Å². The fourth-order valence-corrected chi connectivity index (χ4v) is 15.2. The number of unbranched alkanes of at least 4 members (excludes halogenated alkanes) is 1. The number of nitrogens with one attached hydrogen (secondary N) is 6. The Labute approximate surface area is 627 Å². The van der Waals surface area contributed by atoms with Crippen LogP contribution in [0.5, 0.6) is 0 Å². The molecule has 0 aromatic heterocycles. The molecule has 8 amide bonds. The molecule has 0 saturated carbocycles. The highest BCUT2D eigenvalue weighted by Crippen LogP contribution is 2.49. The van der Waals surface area contributed by atoms with Crippen molar-refractivity contribution in [3.8, 4) is 0 Å². The number of amides is 8. The molecule has 1 unspecified atom stereocenters. The quantitative estimate of drug-likeness (QED) is 0.0153. The number of ether oxygens (including phenoxy) is 14. The van der Waals surface area contributed by atoms with Gasteiger partial charge in [-0.25, -0.2) is 18.9 Å². The summed E-state index contributed by atoms with van der Waals surface area (Å²) in [6, 6.07) is -3.73. The maximum atomic E-state index is 14.0. The van der Waals surface area contributed by atoms with E-state index in [4.69, 9.17) is 92.6 Å². The van der Waals surface area contributed by atoms with Gasteiger partial charge in [0.05, 0.1) is 71.0 Å². The van der Waals surface area contributed by atoms with Crippen LogP contribution in [0.2, 0.25) is 0 Å². The van der Waals surface area contributed by atoms with Crippen molar-refractivity contribution in [3.63, 3.8) is 0 Å². The predicted octanol–water partition coefficient (Wildman–Crippen LogP) is -10.3. The molecule has 46 nitrogen and oxygen atoms in total. The third kappa shape index (κ3) is 25.7. The monoisotopic (exact) mass is 1620 g/mol. The van der Waals surface area contributed by atoms with Crippen LogP contribution in [0, 0.1) is 0 Å². The molecule has 0 aliphatic carbocycles. The standard InChI is InChI=1S/C61H104N9O37PS/c1-25-45(101-57-44(82)41(79)42(80)47(103-57)51(62)83)38(76)35(67-26(2)72)54(98-25)102-46-30(22-96-56-43(81)40(78)37(75)29(21-71)99-56)100-55(36(39(46)77)68-27(3)73)104-48-49(106-59(64)87)61(4,89)50(52(63)84)105-58(48)107-108(90,91)97-23-31(53(85)86)95-16-13-65-11-7-14-92-17-19-94-20-18-93-15-8-12-66-33(74)10-6-5-9-32-34-28(24-109-32)69-60(88)70-34/h25,28-32,34-50,54-58,65,71,75-82,89H,5-24H2,1-4H3,(H2,62,83)(H2,63,84)(H2,64,87)(H,66,74)(H,67,72)(H,68,73)(H,85,86)(H,90,91)(H2,69,70,88)/t25-,28+,29-,30-,31-,32+,34+,35-,36-,37-,38-,39-,40+,41+,42-,43-,44-,45-,46-,47+,48-,49-,50-,54+,55+,56-,57-,58-,61+/m1/s1. The zero-order valence-corrected chi connectivity index (χ0v) is 61.7. The van der Waals surface area contributed by atoms with E-state index in [0.29, 0.717) is 64.0 Å². The van der Waals surface area contributed by atoms with Gasteiger partial charge in [-0.05, 0) is 46.1 Å². The van der Waals surface area contributed by atoms with Gasteiger partial charge in [0.2, 0.25) is 29.5 Å². The first-order valence-corrected chi connectivity index (χ1v) is 37.7. The first-order chi connectivity index (χ1) is 51.5. The average molecular weight is 1620 g/mol. The zero-order valence-electron chi connectivity index (χ0n) is 60.0. The van der Waals surface area contributed by atoms with Crippen molar-refractivity contribution in [1.29, 1.82) is 0 Å². The second-order valence-electron chi connectivity index (χ2n) is 26.8. The zero-order chi connectivity index (χ0) is 80.2. The topological polar surface area (TPSA) is 694 Å². The van der Waals surface area contributed by atoms with Gasteiger partial charge in [0, 0.05) is 57.6 Å². The Morgan fingerprint density at radius 3 is 1.86 bits per heavy atom. The predicted molar refractivity (Wildman–Crippen MR) is 359 cm³/mol. The number of thioether (sulfide) groups is 1. The first kappa shape index (κ1) is 91.0. The fourth-order valence-electron chi connectivity index (χ4n) is 12.9. The summed E-state index contributed by atoms with van der Waals surface area (Å²) in [5.41, 5.74) is 13.4. The number of aliphatic hydroxyl groups excluding tert-OH is 9. The molecule has 7 aliphatic rings. The summed E-state index contributed by atoms with van der Waals surface area (Å²) < 4.78 is 105. The van der Waals surface area contributed by atoms with Gasteiger partial charge in [-0.3, -0.25) is 33.0 Å². The molecular formula is C61H104N9O37PS. The molecule has 0 bridgehead atoms. The van der Waals surface area contributed by atoms with Gasteiger partial charge in [-0.2, -0.15) is 11.8 Å². The van der Waals surface area contributed by atoms with Crippen LogP contribution in [-0.2, 0) is 109 Å². The summed E-state index contributed by atoms with van der Waals surface area (Å²) in [5.74, 6) is -5.60. The third-order valence-corrected chi connectivity index (χ3v) is 20.9. The van der Waals surface area contributed by atoms with Crippen molar-refractivity contribution < 1.29 is 179 Å². The largest absolute Gasteiger partial charge is 0.479 e. The van der Waals surface area contributed by atoms with E-state index in [9.17, 15) is 104 Å². The Balaban J connectivity index is 0.943. The Morgan fingerprint density at radius 2 is 1.25 bits per heavy atom. The van der Waals surface area contributed by atoms with Gasteiger partial charge < -0.3 is 176 Å². The minimum absolute atomic E-state index is 0.0195. The van der Waals surface area contributed by atoms with E-state index >= 15 is 0 Å². The molecule has 7 saturated heterocycles. The Hall–Kier alpha value is -5.14. The molecule has 24 N–H and O–H groups in total. The van der Waals surface area contributed by atoms with Crippen LogP contribution in [0.15, 0.2) is 0 Å². The molecule has 7 rings (SSSR count). The highest BCUT2D eigenvalue weighted by Gasteiger charge is 2.62. The van der Waals surface area contributed by atoms with Crippen LogP contribution in [0.3, 0.4) is 0 Å². The summed E-state index contributed by atoms with van der Waals surface area (Å²) >= 11 is 1.84. The molecular weight excluding hydrogens is 1510 g/mol. The molecule has 48 heteroatoms. The number of carboxylic acid groups (broad SMARTS) is 1. The second-order valence-corrected chi connectivity index (χ2v) is 29.4. The molecule has 0 aromatic carbocycles. The molecule has 0 radical (unpaired) electrons. The molecule has 109 heavy (non-hydrogen) atoms. The van der Waals surface area contributed by atoms with Crippen molar-refractivity contribution in [2.75, 3.05) is 91.5 Å². The molecule has 7 heterocycles. The number of phosphoric acid groups is 1. The number of hydrogen-bond donors (Lipinski definition) is 21. The average Bonchev–Trinajstić information content (AvgIpc) is 1.34. The lowest BCUT2D eigenvalue weighted by Crippen LogP contribution is -2.72. The number of carboxylic acids is 1. The summed E-state index contributed by atoms with van der Waals surface area (Å²) in [6.45, 7) is 3.14. The molecule has 0 aromatic rings. The van der Waals surface area contributed by atoms with Gasteiger partial charge in [-0.1, -0.05) is 6.42 Å². The van der Waals surface area contributed by atoms with Gasteiger partial charge in [-0.15, -0.1) is 0 Å². The number of aliphatic carboxylic acids is 1. The lowest BCUT2D eigenvalue weighted by Gasteiger charge is -2.52. The lowest BCUT2D eigenvalue weighted by atomic mass is 9.85. The van der Waals surface area contributed by atoms with Crippen LogP contribution < -0.4 is 49.1 Å². The van der Waals surface area contributed by atoms with E-state index in [1.165, 1.54) is 6.92 Å². The maximum Gasteiger partial charge on any atom is 0.474 e. The third-order valence-electron chi connectivity index (χ3n) is 18.4. The fraction of sp³-hybridized carbons (Fsp3) is 0.869. The highest BCUT2D eigenvalue weighted by molar-refractivity contribution is 8.00. The molecule has 30 atom stereocenters. The number of aliphatic hydroxyl groups is 10. The second kappa shape index (κ2) is 42.8. The van der Waals surface area contributed by atoms with Crippen LogP contribution in [0.4, 0.5) is 9.59 Å². The van der Waals surface area contributed by atoms with Gasteiger partial charge >= 0.3 is 25.9 Å². The smallest absolute Gasteiger partial charge is 0.474 e. The number of carbonyl (C=O) groups excluding carboxylic acids is 7. The number of hydrogen-bond acceptors (Lipinski definition) is 37. The number of nitrogens with two attached hydrogens (primary N) is 3. The SMILES string of the molecule is CC(=O)N[C@H]1[C@H](O[C@H]2[C@H](O)[C@@H](NC(C)=O)[C@H](O[C@H]3[C@@H](OP(=O)(O)OC[C@@H](OCCNCCCOCCOCCOCCCNC(=O)CCCC[C@@H]4SC[C@@H]5NC(=O)N[C@@H]54)C(=O)O)O[C@H](C(N)=O)[C@@](C)(O)[C@@H]3OC(N)=O)O[C@@H]2CO[C@@H]2O[C@H](CO)[C@@H](O)[C@H](O)[C@H]2O)O[C@H](C)[C@@H](O[C@@H]2O[C@H](C(N)=O)[C@H](O)[C@H](O)[C@H]2O)[C@@H]1O. The van der Waals surface area contributed by atoms with Crippen molar-refractivity contribution in [2.45, 2.75) is 243 Å². The molecule has 7 fully saturated rings. The number of fused-ring (bicyclic) bond motifs is 1. The summed E-state index contributed by atoms with van der Waals surface area (Å²) in [7, 11) is -5.84. The van der Waals surface area contributed by atoms with Gasteiger partial charge in [0.1, 0.15) is 90.9 Å². The van der Waals surface area contributed by atoms with Crippen molar-refractivity contribution in [1.82, 2.24) is 31.9 Å². The number of rotatable bonds is 44. The summed E-state index contributed by atoms with van der Waals surface area (Å²) in [5, 5.41) is 137. The number of phosphoric ester groups is 1. The Bertz CT molecular complexity index is 3010. The van der Waals surface area contributed by atoms with Crippen molar-refractivity contribution >= 4 is 67.2 Å². The molecule has 7 aliphatic heterocycles. The van der Waals surface area contributed by atoms with Crippen LogP contribution in [-0.4, -0.2) is 376 Å². The van der Waals surface area contributed by atoms with E-state index in [1.54, 1.807) is 0 Å². The van der Waals surface area contributed by atoms with Crippen LogP contribution >= 0.6 is 19.6 Å². The lowest BCUT2D eigenvalue weighted by molar-refractivity contribution is -0.375. The Kier molecular flexibility index (Phi) is 35.8. The van der Waals surface area contributed by atoms with Crippen molar-refractivity contribution in [3.05, 3.63) is 0 Å². The van der Waals surface area contributed by atoms with Crippen molar-refractivity contribution in [2.24, 2.45) is 17.2 Å². The van der Waals surface area contributed by atoms with Gasteiger partial charge in [0.25, 0.3) is 0 Å². The summed E-state index contributed by atoms with van der Waals surface area (Å²) in [6.07, 6.45) is -45.7. The van der Waals surface area contributed by atoms with Gasteiger partial charge in [0.15, 0.2) is 62.0 Å². The number of urea groups is 1. The van der Waals surface area contributed by atoms with E-state index in [1.807, 2.05) is 11.8 Å². The van der Waals surface area contributed by atoms with E-state index in [2.05, 4.69) is 31.9 Å². The normalized spacial score (nSPS) is 37.5. The van der Waals surface area contributed by atoms with E-state index in [0.717, 1.165) is 45.8 Å². The highest BCUT2D eigenvalue weighted by atomic mass is 32.2. The molecule has 0 spiro atoms. The van der Waals surface area contributed by atoms with Crippen LogP contribution in [0.25, 0.3) is 0 Å². The maximum absolute atomic E-state index is 14.0. The Morgan fingerprint density at radius 1 is 0.661 bits per heavy atom. The first-order valence-electron chi connectivity index (χ1n) is 35.2. The number of primary amides is 3. The van der Waals surface area contributed by atoms with E-state index < -0.39 is 222 Å². The minimum Gasteiger partial charge on any atom is -0.479 e. The minimum atomic E-state index is -5.84. The molecule has 626 valence electrons. The number of carbonyl (C=O) groups is 8.